The van der Waals surface area contributed by atoms with Gasteiger partial charge in [-0.1, -0.05) is 42.5 Å². The van der Waals surface area contributed by atoms with Crippen molar-refractivity contribution in [1.82, 2.24) is 5.43 Å². The second-order valence-corrected chi connectivity index (χ2v) is 4.50. The molecule has 114 valence electrons. The standard InChI is InChI=1S/C17H18N2O3/c1-21-15-11-7-6-10-14(15)12-18-19-17(20)16(22-2)13-8-4-3-5-9-13/h3-12,16H,1-2H3,(H,19,20). The minimum absolute atomic E-state index is 0.333. The van der Waals surface area contributed by atoms with Gasteiger partial charge in [0.1, 0.15) is 5.75 Å². The van der Waals surface area contributed by atoms with Crippen LogP contribution in [0.3, 0.4) is 0 Å². The predicted octanol–water partition coefficient (Wildman–Crippen LogP) is 2.53. The monoisotopic (exact) mass is 298 g/mol. The van der Waals surface area contributed by atoms with Crippen molar-refractivity contribution >= 4 is 12.1 Å². The smallest absolute Gasteiger partial charge is 0.273 e. The van der Waals surface area contributed by atoms with Crippen molar-refractivity contribution in [3.8, 4) is 5.75 Å². The van der Waals surface area contributed by atoms with Gasteiger partial charge in [-0.05, 0) is 17.7 Å². The van der Waals surface area contributed by atoms with Gasteiger partial charge in [0.05, 0.1) is 13.3 Å². The van der Waals surface area contributed by atoms with E-state index in [0.717, 1.165) is 11.1 Å². The maximum absolute atomic E-state index is 12.1. The van der Waals surface area contributed by atoms with Crippen LogP contribution in [0.5, 0.6) is 5.75 Å². The summed E-state index contributed by atoms with van der Waals surface area (Å²) in [6.45, 7) is 0. The van der Waals surface area contributed by atoms with Crippen molar-refractivity contribution in [2.75, 3.05) is 14.2 Å². The summed E-state index contributed by atoms with van der Waals surface area (Å²) in [7, 11) is 3.07. The average molecular weight is 298 g/mol. The molecule has 0 aliphatic rings. The average Bonchev–Trinajstić information content (AvgIpc) is 2.57. The Labute approximate surface area is 129 Å². The first-order chi connectivity index (χ1) is 10.8. The third-order valence-electron chi connectivity index (χ3n) is 3.09. The van der Waals surface area contributed by atoms with Crippen molar-refractivity contribution in [2.24, 2.45) is 5.10 Å². The van der Waals surface area contributed by atoms with Gasteiger partial charge in [-0.15, -0.1) is 0 Å². The van der Waals surface area contributed by atoms with E-state index in [4.69, 9.17) is 9.47 Å². The first-order valence-electron chi connectivity index (χ1n) is 6.80. The Morgan fingerprint density at radius 3 is 2.45 bits per heavy atom. The maximum atomic E-state index is 12.1. The van der Waals surface area contributed by atoms with Crippen molar-refractivity contribution in [3.05, 3.63) is 65.7 Å². The van der Waals surface area contributed by atoms with Gasteiger partial charge in [0.25, 0.3) is 5.91 Å². The van der Waals surface area contributed by atoms with Crippen molar-refractivity contribution in [1.29, 1.82) is 0 Å². The zero-order valence-electron chi connectivity index (χ0n) is 12.5. The topological polar surface area (TPSA) is 59.9 Å². The highest BCUT2D eigenvalue weighted by Gasteiger charge is 2.19. The number of rotatable bonds is 6. The van der Waals surface area contributed by atoms with E-state index in [9.17, 15) is 4.79 Å². The molecule has 0 aliphatic carbocycles. The van der Waals surface area contributed by atoms with E-state index < -0.39 is 6.10 Å². The summed E-state index contributed by atoms with van der Waals surface area (Å²) < 4.78 is 10.4. The van der Waals surface area contributed by atoms with Gasteiger partial charge < -0.3 is 9.47 Å². The Bertz CT molecular complexity index is 641. The number of carbonyl (C=O) groups is 1. The maximum Gasteiger partial charge on any atom is 0.273 e. The molecular weight excluding hydrogens is 280 g/mol. The third kappa shape index (κ3) is 3.93. The summed E-state index contributed by atoms with van der Waals surface area (Å²) in [5, 5.41) is 3.96. The summed E-state index contributed by atoms with van der Waals surface area (Å²) in [6.07, 6.45) is 0.838. The third-order valence-corrected chi connectivity index (χ3v) is 3.09. The Hall–Kier alpha value is -2.66. The molecule has 0 saturated carbocycles. The van der Waals surface area contributed by atoms with Gasteiger partial charge in [0.2, 0.25) is 0 Å². The molecule has 0 bridgehead atoms. The second kappa shape index (κ2) is 7.95. The molecule has 0 radical (unpaired) electrons. The molecule has 0 saturated heterocycles. The molecule has 5 heteroatoms. The molecule has 1 unspecified atom stereocenters. The number of amides is 1. The number of nitrogens with one attached hydrogen (secondary N) is 1. The van der Waals surface area contributed by atoms with E-state index in [1.807, 2.05) is 54.6 Å². The number of nitrogens with zero attached hydrogens (tertiary/aromatic N) is 1. The van der Waals surface area contributed by atoms with Crippen LogP contribution in [0.4, 0.5) is 0 Å². The molecule has 0 spiro atoms. The lowest BCUT2D eigenvalue weighted by molar-refractivity contribution is -0.131. The Balaban J connectivity index is 2.04. The fourth-order valence-electron chi connectivity index (χ4n) is 2.02. The lowest BCUT2D eigenvalue weighted by Crippen LogP contribution is -2.26. The van der Waals surface area contributed by atoms with E-state index >= 15 is 0 Å². The molecule has 5 nitrogen and oxygen atoms in total. The fourth-order valence-corrected chi connectivity index (χ4v) is 2.02. The largest absolute Gasteiger partial charge is 0.496 e. The van der Waals surface area contributed by atoms with Crippen LogP contribution < -0.4 is 10.2 Å². The van der Waals surface area contributed by atoms with Crippen LogP contribution in [-0.2, 0) is 9.53 Å². The molecule has 22 heavy (non-hydrogen) atoms. The van der Waals surface area contributed by atoms with E-state index in [2.05, 4.69) is 10.5 Å². The number of para-hydroxylation sites is 1. The minimum Gasteiger partial charge on any atom is -0.496 e. The summed E-state index contributed by atoms with van der Waals surface area (Å²) in [5.74, 6) is 0.353. The minimum atomic E-state index is -0.698. The number of hydrazone groups is 1. The van der Waals surface area contributed by atoms with Gasteiger partial charge in [0.15, 0.2) is 6.10 Å². The zero-order chi connectivity index (χ0) is 15.8. The first-order valence-corrected chi connectivity index (χ1v) is 6.80. The van der Waals surface area contributed by atoms with Gasteiger partial charge in [-0.3, -0.25) is 4.79 Å². The molecule has 2 aromatic rings. The number of carbonyl (C=O) groups excluding carboxylic acids is 1. The fraction of sp³-hybridized carbons (Fsp3) is 0.176. The Kier molecular flexibility index (Phi) is 5.68. The van der Waals surface area contributed by atoms with E-state index in [1.165, 1.54) is 13.3 Å². The summed E-state index contributed by atoms with van der Waals surface area (Å²) in [5.41, 5.74) is 4.03. The normalized spacial score (nSPS) is 12.1. The molecule has 2 aromatic carbocycles. The van der Waals surface area contributed by atoms with Crippen LogP contribution in [0.2, 0.25) is 0 Å². The predicted molar refractivity (Wildman–Crippen MR) is 84.9 cm³/mol. The summed E-state index contributed by atoms with van der Waals surface area (Å²) in [6, 6.07) is 16.7. The van der Waals surface area contributed by atoms with Crippen molar-refractivity contribution in [2.45, 2.75) is 6.10 Å². The number of benzene rings is 2. The molecular formula is C17H18N2O3. The molecule has 2 rings (SSSR count). The van der Waals surface area contributed by atoms with Crippen LogP contribution in [-0.4, -0.2) is 26.3 Å². The van der Waals surface area contributed by atoms with Gasteiger partial charge in [0, 0.05) is 12.7 Å². The Morgan fingerprint density at radius 1 is 1.09 bits per heavy atom. The molecule has 0 aromatic heterocycles. The summed E-state index contributed by atoms with van der Waals surface area (Å²) in [4.78, 5) is 12.1. The van der Waals surface area contributed by atoms with Crippen LogP contribution in [0, 0.1) is 0 Å². The quantitative estimate of drug-likeness (QED) is 0.658. The molecule has 1 amide bonds. The van der Waals surface area contributed by atoms with Crippen LogP contribution in [0.25, 0.3) is 0 Å². The number of hydrogen-bond donors (Lipinski definition) is 1. The molecule has 0 aliphatic heterocycles. The lowest BCUT2D eigenvalue weighted by Gasteiger charge is -2.13. The Morgan fingerprint density at radius 2 is 1.77 bits per heavy atom. The van der Waals surface area contributed by atoms with Gasteiger partial charge in [-0.2, -0.15) is 5.10 Å². The van der Waals surface area contributed by atoms with Crippen molar-refractivity contribution < 1.29 is 14.3 Å². The SMILES string of the molecule is COc1ccccc1C=NNC(=O)C(OC)c1ccccc1. The highest BCUT2D eigenvalue weighted by Crippen LogP contribution is 2.16. The zero-order valence-corrected chi connectivity index (χ0v) is 12.5. The van der Waals surface area contributed by atoms with Gasteiger partial charge in [-0.25, -0.2) is 5.43 Å². The molecule has 0 fully saturated rings. The number of methoxy groups -OCH3 is 2. The van der Waals surface area contributed by atoms with Crippen LogP contribution >= 0.6 is 0 Å². The number of ether oxygens (including phenoxy) is 2. The van der Waals surface area contributed by atoms with Gasteiger partial charge >= 0.3 is 0 Å². The van der Waals surface area contributed by atoms with E-state index in [0.29, 0.717) is 5.75 Å². The highest BCUT2D eigenvalue weighted by molar-refractivity contribution is 5.86. The van der Waals surface area contributed by atoms with E-state index in [-0.39, 0.29) is 5.91 Å². The second-order valence-electron chi connectivity index (χ2n) is 4.50. The van der Waals surface area contributed by atoms with E-state index in [1.54, 1.807) is 7.11 Å². The first kappa shape index (κ1) is 15.7. The summed E-state index contributed by atoms with van der Waals surface area (Å²) >= 11 is 0. The van der Waals surface area contributed by atoms with Crippen LogP contribution in [0.15, 0.2) is 59.7 Å². The molecule has 1 N–H and O–H groups in total. The van der Waals surface area contributed by atoms with Crippen LogP contribution in [0.1, 0.15) is 17.2 Å². The number of hydrogen-bond acceptors (Lipinski definition) is 4. The molecule has 1 atom stereocenters. The highest BCUT2D eigenvalue weighted by atomic mass is 16.5. The lowest BCUT2D eigenvalue weighted by atomic mass is 10.1. The van der Waals surface area contributed by atoms with Crippen molar-refractivity contribution in [3.63, 3.8) is 0 Å². The molecule has 0 heterocycles.